The van der Waals surface area contributed by atoms with E-state index in [0.29, 0.717) is 29.8 Å². The predicted octanol–water partition coefficient (Wildman–Crippen LogP) is 2.63. The highest BCUT2D eigenvalue weighted by atomic mass is 16.5. The smallest absolute Gasteiger partial charge is 0.296 e. The number of rotatable bonds is 5. The summed E-state index contributed by atoms with van der Waals surface area (Å²) in [4.78, 5) is 18.7. The van der Waals surface area contributed by atoms with Crippen LogP contribution >= 0.6 is 0 Å². The topological polar surface area (TPSA) is 95.5 Å². The standard InChI is InChI=1S/C25H24N6O2/c1-4-23(32)29-25(3)18-8-19(25)14-30(13-18)22-7-6-16(11-27-22)21-9-20(33-5-2)15-31-24(21)17(10-26)12-28-31/h1,6-7,9,11-12,15,18-19H,5,8,13-14H2,2-3H3,(H,29,32)/t18-,19?,25?/m1/s1. The van der Waals surface area contributed by atoms with Crippen molar-refractivity contribution in [2.24, 2.45) is 11.8 Å². The molecule has 5 heterocycles. The summed E-state index contributed by atoms with van der Waals surface area (Å²) in [6.45, 7) is 6.18. The number of terminal acetylenes is 1. The maximum Gasteiger partial charge on any atom is 0.296 e. The maximum absolute atomic E-state index is 11.8. The highest BCUT2D eigenvalue weighted by Gasteiger charge is 2.56. The summed E-state index contributed by atoms with van der Waals surface area (Å²) in [5, 5.41) is 16.9. The number of nitrogens with zero attached hydrogens (tertiary/aromatic N) is 5. The Balaban J connectivity index is 1.41. The summed E-state index contributed by atoms with van der Waals surface area (Å²) < 4.78 is 7.37. The van der Waals surface area contributed by atoms with E-state index in [1.165, 1.54) is 0 Å². The number of ether oxygens (including phenoxy) is 1. The lowest BCUT2D eigenvalue weighted by Gasteiger charge is -2.61. The van der Waals surface area contributed by atoms with E-state index in [0.717, 1.165) is 42.0 Å². The largest absolute Gasteiger partial charge is 0.492 e. The van der Waals surface area contributed by atoms with Crippen LogP contribution in [0.15, 0.2) is 36.8 Å². The first kappa shape index (κ1) is 20.8. The van der Waals surface area contributed by atoms with Gasteiger partial charge in [0.05, 0.1) is 30.1 Å². The van der Waals surface area contributed by atoms with Crippen LogP contribution < -0.4 is 15.0 Å². The first-order chi connectivity index (χ1) is 16.0. The molecule has 8 nitrogen and oxygen atoms in total. The van der Waals surface area contributed by atoms with E-state index < -0.39 is 0 Å². The highest BCUT2D eigenvalue weighted by molar-refractivity contribution is 5.93. The minimum absolute atomic E-state index is 0.249. The van der Waals surface area contributed by atoms with Crippen LogP contribution in [-0.2, 0) is 4.79 Å². The first-order valence-electron chi connectivity index (χ1n) is 11.0. The van der Waals surface area contributed by atoms with Crippen molar-refractivity contribution in [2.45, 2.75) is 25.8 Å². The van der Waals surface area contributed by atoms with Gasteiger partial charge in [0.1, 0.15) is 17.6 Å². The number of nitrogens with one attached hydrogen (secondary N) is 1. The Morgan fingerprint density at radius 1 is 1.36 bits per heavy atom. The molecular weight excluding hydrogens is 416 g/mol. The number of piperidine rings is 2. The Bertz CT molecular complexity index is 1300. The first-order valence-corrected chi connectivity index (χ1v) is 11.0. The quantitative estimate of drug-likeness (QED) is 0.613. The van der Waals surface area contributed by atoms with Gasteiger partial charge in [0.15, 0.2) is 0 Å². The molecule has 8 heteroatoms. The molecule has 1 aliphatic carbocycles. The fraction of sp³-hybridized carbons (Fsp3) is 0.360. The van der Waals surface area contributed by atoms with Crippen LogP contribution in [-0.4, -0.2) is 45.7 Å². The molecular formula is C25H24N6O2. The van der Waals surface area contributed by atoms with Gasteiger partial charge in [-0.15, -0.1) is 6.42 Å². The Morgan fingerprint density at radius 2 is 2.15 bits per heavy atom. The van der Waals surface area contributed by atoms with Crippen molar-refractivity contribution in [1.82, 2.24) is 19.9 Å². The van der Waals surface area contributed by atoms with Gasteiger partial charge in [0.25, 0.3) is 5.91 Å². The lowest BCUT2D eigenvalue weighted by Crippen LogP contribution is -2.72. The van der Waals surface area contributed by atoms with Crippen molar-refractivity contribution >= 4 is 17.2 Å². The van der Waals surface area contributed by atoms with Crippen LogP contribution in [0.2, 0.25) is 0 Å². The number of nitriles is 1. The molecule has 1 amide bonds. The van der Waals surface area contributed by atoms with Gasteiger partial charge in [0.2, 0.25) is 0 Å². The number of pyridine rings is 2. The number of amides is 1. The van der Waals surface area contributed by atoms with E-state index in [2.05, 4.69) is 34.2 Å². The highest BCUT2D eigenvalue weighted by Crippen LogP contribution is 2.49. The lowest BCUT2D eigenvalue weighted by atomic mass is 9.56. The minimum atomic E-state index is -0.347. The van der Waals surface area contributed by atoms with E-state index in [4.69, 9.17) is 16.1 Å². The molecule has 0 aromatic carbocycles. The predicted molar refractivity (Wildman–Crippen MR) is 123 cm³/mol. The molecule has 3 fully saturated rings. The van der Waals surface area contributed by atoms with Crippen molar-refractivity contribution < 1.29 is 9.53 Å². The molecule has 2 aliphatic heterocycles. The fourth-order valence-electron chi connectivity index (χ4n) is 5.19. The molecule has 0 radical (unpaired) electrons. The van der Waals surface area contributed by atoms with Gasteiger partial charge in [-0.25, -0.2) is 9.50 Å². The van der Waals surface area contributed by atoms with E-state index in [-0.39, 0.29) is 11.4 Å². The van der Waals surface area contributed by atoms with Crippen LogP contribution in [0.1, 0.15) is 25.8 Å². The molecule has 3 aromatic rings. The monoisotopic (exact) mass is 440 g/mol. The van der Waals surface area contributed by atoms with Crippen molar-refractivity contribution in [3.63, 3.8) is 0 Å². The zero-order valence-electron chi connectivity index (χ0n) is 18.6. The number of carbonyl (C=O) groups excluding carboxylic acids is 1. The lowest BCUT2D eigenvalue weighted by molar-refractivity contribution is -0.122. The Labute approximate surface area is 192 Å². The van der Waals surface area contributed by atoms with Gasteiger partial charge in [-0.2, -0.15) is 10.4 Å². The number of carbonyl (C=O) groups is 1. The Kier molecular flexibility index (Phi) is 4.94. The number of fused-ring (bicyclic) bond motifs is 3. The van der Waals surface area contributed by atoms with E-state index >= 15 is 0 Å². The average Bonchev–Trinajstić information content (AvgIpc) is 3.27. The third kappa shape index (κ3) is 3.35. The van der Waals surface area contributed by atoms with E-state index in [1.807, 2.05) is 31.3 Å². The summed E-state index contributed by atoms with van der Waals surface area (Å²) in [5.74, 6) is 4.06. The molecule has 0 spiro atoms. The third-order valence-corrected chi connectivity index (χ3v) is 7.06. The molecule has 33 heavy (non-hydrogen) atoms. The zero-order chi connectivity index (χ0) is 23.2. The summed E-state index contributed by atoms with van der Waals surface area (Å²) in [6.07, 6.45) is 11.5. The second-order valence-electron chi connectivity index (χ2n) is 8.81. The van der Waals surface area contributed by atoms with Gasteiger partial charge in [0, 0.05) is 47.8 Å². The SMILES string of the molecule is C#CC(=O)NC1(C)C2C[C@@H]1CN(c1ccc(-c3cc(OCC)cn4ncc(C#N)c34)cn1)C2. The summed E-state index contributed by atoms with van der Waals surface area (Å²) in [6, 6.07) is 8.16. The zero-order valence-corrected chi connectivity index (χ0v) is 18.6. The van der Waals surface area contributed by atoms with E-state index in [9.17, 15) is 10.1 Å². The molecule has 166 valence electrons. The van der Waals surface area contributed by atoms with Crippen molar-refractivity contribution in [3.05, 3.63) is 42.4 Å². The van der Waals surface area contributed by atoms with Crippen LogP contribution in [0, 0.1) is 35.5 Å². The fourth-order valence-corrected chi connectivity index (χ4v) is 5.19. The van der Waals surface area contributed by atoms with Crippen molar-refractivity contribution in [3.8, 4) is 35.3 Å². The van der Waals surface area contributed by atoms with Crippen LogP contribution in [0.25, 0.3) is 16.6 Å². The van der Waals surface area contributed by atoms with Crippen molar-refractivity contribution in [2.75, 3.05) is 24.6 Å². The molecule has 3 atom stereocenters. The summed E-state index contributed by atoms with van der Waals surface area (Å²) in [7, 11) is 0. The molecule has 2 unspecified atom stereocenters. The molecule has 3 aromatic heterocycles. The molecule has 3 aliphatic rings. The molecule has 1 saturated carbocycles. The number of anilines is 1. The van der Waals surface area contributed by atoms with Crippen LogP contribution in [0.5, 0.6) is 5.75 Å². The van der Waals surface area contributed by atoms with Gasteiger partial charge in [-0.1, -0.05) is 0 Å². The van der Waals surface area contributed by atoms with Crippen LogP contribution in [0.3, 0.4) is 0 Å². The number of hydrogen-bond acceptors (Lipinski definition) is 6. The van der Waals surface area contributed by atoms with Gasteiger partial charge < -0.3 is 15.0 Å². The minimum Gasteiger partial charge on any atom is -0.492 e. The third-order valence-electron chi connectivity index (χ3n) is 7.06. The summed E-state index contributed by atoms with van der Waals surface area (Å²) >= 11 is 0. The van der Waals surface area contributed by atoms with Gasteiger partial charge >= 0.3 is 0 Å². The van der Waals surface area contributed by atoms with E-state index in [1.54, 1.807) is 16.9 Å². The summed E-state index contributed by atoms with van der Waals surface area (Å²) in [5.41, 5.74) is 2.72. The normalized spacial score (nSPS) is 23.3. The second-order valence-corrected chi connectivity index (χ2v) is 8.81. The molecule has 2 bridgehead atoms. The second kappa shape index (κ2) is 7.83. The van der Waals surface area contributed by atoms with Gasteiger partial charge in [-0.05, 0) is 44.4 Å². The Morgan fingerprint density at radius 3 is 2.79 bits per heavy atom. The average molecular weight is 441 g/mol. The van der Waals surface area contributed by atoms with Crippen LogP contribution in [0.4, 0.5) is 5.82 Å². The van der Waals surface area contributed by atoms with Crippen molar-refractivity contribution in [1.29, 1.82) is 5.26 Å². The molecule has 6 rings (SSSR count). The van der Waals surface area contributed by atoms with Gasteiger partial charge in [-0.3, -0.25) is 4.79 Å². The number of aromatic nitrogens is 3. The maximum atomic E-state index is 11.8. The number of hydrogen-bond donors (Lipinski definition) is 1. The molecule has 1 N–H and O–H groups in total. The molecule has 2 saturated heterocycles. The Hall–Kier alpha value is -4.04.